The molecule has 2 aliphatic rings. The van der Waals surface area contributed by atoms with Crippen molar-refractivity contribution in [3.8, 4) is 0 Å². The molecule has 0 bridgehead atoms. The van der Waals surface area contributed by atoms with E-state index in [2.05, 4.69) is 19.8 Å². The highest BCUT2D eigenvalue weighted by atomic mass is 32.1. The van der Waals surface area contributed by atoms with Gasteiger partial charge >= 0.3 is 0 Å². The van der Waals surface area contributed by atoms with Crippen molar-refractivity contribution in [3.63, 3.8) is 0 Å². The van der Waals surface area contributed by atoms with Crippen molar-refractivity contribution in [1.29, 1.82) is 0 Å². The van der Waals surface area contributed by atoms with Crippen molar-refractivity contribution in [2.75, 3.05) is 26.2 Å². The van der Waals surface area contributed by atoms with Crippen LogP contribution in [0.1, 0.15) is 29.8 Å². The van der Waals surface area contributed by atoms with Gasteiger partial charge in [-0.3, -0.25) is 14.7 Å². The number of hydrogen-bond acceptors (Lipinski definition) is 5. The molecule has 0 aromatic carbocycles. The van der Waals surface area contributed by atoms with E-state index < -0.39 is 0 Å². The van der Waals surface area contributed by atoms with Crippen molar-refractivity contribution in [1.82, 2.24) is 19.8 Å². The first kappa shape index (κ1) is 16.7. The number of piperidine rings is 1. The van der Waals surface area contributed by atoms with Crippen molar-refractivity contribution < 1.29 is 4.79 Å². The number of likely N-dealkylation sites (tertiary alicyclic amines) is 2. The molecule has 0 radical (unpaired) electrons. The Kier molecular flexibility index (Phi) is 4.81. The quantitative estimate of drug-likeness (QED) is 0.845. The lowest BCUT2D eigenvalue weighted by Gasteiger charge is -2.40. The van der Waals surface area contributed by atoms with Gasteiger partial charge < -0.3 is 4.90 Å². The molecule has 0 unspecified atom stereocenters. The summed E-state index contributed by atoms with van der Waals surface area (Å²) in [6.45, 7) is 4.95. The molecule has 0 aliphatic carbocycles. The summed E-state index contributed by atoms with van der Waals surface area (Å²) in [7, 11) is 0. The maximum atomic E-state index is 12.7. The minimum Gasteiger partial charge on any atom is -0.342 e. The molecule has 2 saturated heterocycles. The van der Waals surface area contributed by atoms with E-state index >= 15 is 0 Å². The van der Waals surface area contributed by atoms with Crippen LogP contribution in [0.25, 0.3) is 0 Å². The van der Waals surface area contributed by atoms with Gasteiger partial charge in [-0.1, -0.05) is 6.07 Å². The van der Waals surface area contributed by atoms with Gasteiger partial charge in [-0.05, 0) is 37.4 Å². The van der Waals surface area contributed by atoms with Crippen LogP contribution in [-0.2, 0) is 17.8 Å². The first-order chi connectivity index (χ1) is 12.2. The van der Waals surface area contributed by atoms with Gasteiger partial charge in [0.15, 0.2) is 0 Å². The Bertz CT molecular complexity index is 705. The highest BCUT2D eigenvalue weighted by molar-refractivity contribution is 7.09. The lowest BCUT2D eigenvalue weighted by atomic mass is 9.79. The summed E-state index contributed by atoms with van der Waals surface area (Å²) >= 11 is 1.73. The first-order valence-corrected chi connectivity index (χ1v) is 9.88. The predicted octanol–water partition coefficient (Wildman–Crippen LogP) is 2.60. The Morgan fingerprint density at radius 2 is 2.20 bits per heavy atom. The summed E-state index contributed by atoms with van der Waals surface area (Å²) in [5.74, 6) is 0.241. The van der Waals surface area contributed by atoms with E-state index in [0.717, 1.165) is 44.7 Å². The number of amides is 1. The van der Waals surface area contributed by atoms with Crippen LogP contribution < -0.4 is 0 Å². The molecule has 6 heteroatoms. The van der Waals surface area contributed by atoms with Gasteiger partial charge in [-0.25, -0.2) is 4.98 Å². The zero-order valence-corrected chi connectivity index (χ0v) is 15.2. The molecule has 1 spiro atoms. The Balaban J connectivity index is 1.36. The van der Waals surface area contributed by atoms with E-state index in [4.69, 9.17) is 0 Å². The molecule has 5 nitrogen and oxygen atoms in total. The standard InChI is InChI=1S/C19H24N4OS/c24-18(11-16-3-1-6-20-12-16)23-8-2-4-19(15-23)5-9-22(14-19)13-17-21-7-10-25-17/h1,3,6-7,10,12H,2,4-5,8-9,11,13-15H2/t19-/m1/s1. The average molecular weight is 356 g/mol. The summed E-state index contributed by atoms with van der Waals surface area (Å²) in [5, 5.41) is 3.23. The number of aromatic nitrogens is 2. The molecule has 2 aromatic heterocycles. The van der Waals surface area contributed by atoms with Gasteiger partial charge in [0.05, 0.1) is 13.0 Å². The number of pyridine rings is 1. The van der Waals surface area contributed by atoms with Gasteiger partial charge in [0.25, 0.3) is 0 Å². The summed E-state index contributed by atoms with van der Waals surface area (Å²) in [4.78, 5) is 25.8. The topological polar surface area (TPSA) is 49.3 Å². The van der Waals surface area contributed by atoms with Crippen LogP contribution in [0.3, 0.4) is 0 Å². The minimum atomic E-state index is 0.241. The maximum Gasteiger partial charge on any atom is 0.227 e. The molecule has 2 fully saturated rings. The SMILES string of the molecule is O=C(Cc1cccnc1)N1CCC[C@]2(CCN(Cc3nccs3)C2)C1. The average Bonchev–Trinajstić information content (AvgIpc) is 3.27. The van der Waals surface area contributed by atoms with Crippen LogP contribution >= 0.6 is 11.3 Å². The summed E-state index contributed by atoms with van der Waals surface area (Å²) in [5.41, 5.74) is 1.28. The smallest absolute Gasteiger partial charge is 0.227 e. The van der Waals surface area contributed by atoms with Crippen LogP contribution in [0, 0.1) is 5.41 Å². The van der Waals surface area contributed by atoms with Gasteiger partial charge in [0.1, 0.15) is 5.01 Å². The lowest BCUT2D eigenvalue weighted by Crippen LogP contribution is -2.47. The van der Waals surface area contributed by atoms with Crippen molar-refractivity contribution in [3.05, 3.63) is 46.7 Å². The lowest BCUT2D eigenvalue weighted by molar-refractivity contribution is -0.133. The largest absolute Gasteiger partial charge is 0.342 e. The second-order valence-electron chi connectivity index (χ2n) is 7.34. The molecule has 25 heavy (non-hydrogen) atoms. The Labute approximate surface area is 152 Å². The van der Waals surface area contributed by atoms with E-state index in [1.807, 2.05) is 23.7 Å². The van der Waals surface area contributed by atoms with Crippen LogP contribution in [0.2, 0.25) is 0 Å². The minimum absolute atomic E-state index is 0.241. The molecule has 0 saturated carbocycles. The van der Waals surface area contributed by atoms with Crippen molar-refractivity contribution in [2.24, 2.45) is 5.41 Å². The maximum absolute atomic E-state index is 12.7. The van der Waals surface area contributed by atoms with E-state index in [-0.39, 0.29) is 11.3 Å². The first-order valence-electron chi connectivity index (χ1n) is 9.00. The molecule has 4 rings (SSSR count). The van der Waals surface area contributed by atoms with Crippen LogP contribution in [0.15, 0.2) is 36.1 Å². The summed E-state index contributed by atoms with van der Waals surface area (Å²) < 4.78 is 0. The highest BCUT2D eigenvalue weighted by Gasteiger charge is 2.42. The molecular weight excluding hydrogens is 332 g/mol. The third-order valence-electron chi connectivity index (χ3n) is 5.45. The normalized spacial score (nSPS) is 24.1. The van der Waals surface area contributed by atoms with Crippen LogP contribution in [0.4, 0.5) is 0 Å². The number of carbonyl (C=O) groups is 1. The van der Waals surface area contributed by atoms with E-state index in [1.54, 1.807) is 23.7 Å². The van der Waals surface area contributed by atoms with E-state index in [1.165, 1.54) is 17.8 Å². The van der Waals surface area contributed by atoms with Gasteiger partial charge in [-0.2, -0.15) is 0 Å². The van der Waals surface area contributed by atoms with Crippen molar-refractivity contribution in [2.45, 2.75) is 32.2 Å². The highest BCUT2D eigenvalue weighted by Crippen LogP contribution is 2.39. The predicted molar refractivity (Wildman–Crippen MR) is 98.2 cm³/mol. The third-order valence-corrected chi connectivity index (χ3v) is 6.22. The Morgan fingerprint density at radius 1 is 1.24 bits per heavy atom. The fourth-order valence-corrected chi connectivity index (χ4v) is 4.89. The zero-order valence-electron chi connectivity index (χ0n) is 14.4. The zero-order chi connectivity index (χ0) is 17.1. The third kappa shape index (κ3) is 3.90. The number of thiazole rings is 1. The second kappa shape index (κ2) is 7.22. The molecular formula is C19H24N4OS. The summed E-state index contributed by atoms with van der Waals surface area (Å²) in [6.07, 6.45) is 9.43. The van der Waals surface area contributed by atoms with Crippen LogP contribution in [-0.4, -0.2) is 51.9 Å². The van der Waals surface area contributed by atoms with Gasteiger partial charge in [0, 0.05) is 49.0 Å². The monoisotopic (exact) mass is 356 g/mol. The fourth-order valence-electron chi connectivity index (χ4n) is 4.23. The molecule has 1 atom stereocenters. The molecule has 132 valence electrons. The number of nitrogens with zero attached hydrogens (tertiary/aromatic N) is 4. The van der Waals surface area contributed by atoms with Gasteiger partial charge in [-0.15, -0.1) is 11.3 Å². The van der Waals surface area contributed by atoms with Crippen LogP contribution in [0.5, 0.6) is 0 Å². The number of hydrogen-bond donors (Lipinski definition) is 0. The van der Waals surface area contributed by atoms with E-state index in [0.29, 0.717) is 6.42 Å². The second-order valence-corrected chi connectivity index (χ2v) is 8.32. The molecule has 0 N–H and O–H groups in total. The number of rotatable bonds is 4. The summed E-state index contributed by atoms with van der Waals surface area (Å²) in [6, 6.07) is 3.88. The molecule has 4 heterocycles. The molecule has 2 aliphatic heterocycles. The fraction of sp³-hybridized carbons (Fsp3) is 0.526. The van der Waals surface area contributed by atoms with Gasteiger partial charge in [0.2, 0.25) is 5.91 Å². The Hall–Kier alpha value is -1.79. The molecule has 1 amide bonds. The van der Waals surface area contributed by atoms with Crippen molar-refractivity contribution >= 4 is 17.2 Å². The Morgan fingerprint density at radius 3 is 3.00 bits per heavy atom. The number of carbonyl (C=O) groups excluding carboxylic acids is 1. The molecule has 2 aromatic rings. The van der Waals surface area contributed by atoms with E-state index in [9.17, 15) is 4.79 Å².